The summed E-state index contributed by atoms with van der Waals surface area (Å²) in [6.07, 6.45) is 5.02. The number of amides is 2. The zero-order valence-electron chi connectivity index (χ0n) is 21.9. The van der Waals surface area contributed by atoms with Crippen molar-refractivity contribution in [1.82, 2.24) is 15.0 Å². The molecule has 2 aromatic heterocycles. The minimum absolute atomic E-state index is 0.00233. The van der Waals surface area contributed by atoms with Crippen molar-refractivity contribution in [1.29, 1.82) is 0 Å². The number of halogens is 3. The van der Waals surface area contributed by atoms with Gasteiger partial charge in [-0.1, -0.05) is 24.1 Å². The van der Waals surface area contributed by atoms with Gasteiger partial charge in [0.05, 0.1) is 36.3 Å². The summed E-state index contributed by atoms with van der Waals surface area (Å²) in [5.74, 6) is 0.339. The largest absolute Gasteiger partial charge is 0.453 e. The van der Waals surface area contributed by atoms with Gasteiger partial charge < -0.3 is 19.8 Å². The molecular formula is C29H26ClF2N5O4. The fraction of sp³-hybridized carbons (Fsp3) is 0.241. The lowest BCUT2D eigenvalue weighted by molar-refractivity contribution is -0.116. The molecule has 5 rings (SSSR count). The number of alkyl halides is 2. The number of carbonyl (C=O) groups is 2. The number of rotatable bonds is 5. The lowest BCUT2D eigenvalue weighted by Gasteiger charge is -2.17. The summed E-state index contributed by atoms with van der Waals surface area (Å²) in [6, 6.07) is 13.2. The van der Waals surface area contributed by atoms with Crippen LogP contribution in [0.5, 0.6) is 5.75 Å². The van der Waals surface area contributed by atoms with Gasteiger partial charge in [0.2, 0.25) is 5.91 Å². The van der Waals surface area contributed by atoms with Crippen LogP contribution in [-0.2, 0) is 9.53 Å². The molecule has 0 saturated heterocycles. The monoisotopic (exact) mass is 581 g/mol. The molecule has 2 amide bonds. The molecule has 0 spiro atoms. The molecule has 2 aromatic carbocycles. The number of nitrogens with one attached hydrogen (secondary N) is 3. The zero-order valence-corrected chi connectivity index (χ0v) is 22.7. The second-order valence-corrected chi connectivity index (χ2v) is 9.83. The molecule has 0 fully saturated rings. The number of H-pyrrole nitrogens is 1. The molecule has 1 unspecified atom stereocenters. The van der Waals surface area contributed by atoms with Crippen molar-refractivity contribution in [3.05, 3.63) is 77.5 Å². The first kappa shape index (κ1) is 28.0. The first-order valence-electron chi connectivity index (χ1n) is 12.9. The minimum Gasteiger partial charge on any atom is -0.453 e. The van der Waals surface area contributed by atoms with Crippen LogP contribution in [0.3, 0.4) is 0 Å². The zero-order chi connectivity index (χ0) is 28.9. The second kappa shape index (κ2) is 12.3. The van der Waals surface area contributed by atoms with Gasteiger partial charge >= 0.3 is 12.7 Å². The number of nitrogens with zero attached hydrogens (tertiary/aromatic N) is 2. The molecule has 0 aliphatic carbocycles. The molecule has 12 heteroatoms. The molecule has 0 radical (unpaired) electrons. The van der Waals surface area contributed by atoms with Crippen LogP contribution >= 0.6 is 11.6 Å². The number of imidazole rings is 1. The Hall–Kier alpha value is -4.51. The Morgan fingerprint density at radius 3 is 2.68 bits per heavy atom. The fourth-order valence-electron chi connectivity index (χ4n) is 4.75. The third-order valence-electron chi connectivity index (χ3n) is 6.70. The summed E-state index contributed by atoms with van der Waals surface area (Å²) in [7, 11) is 1.27. The smallest absolute Gasteiger partial charge is 0.411 e. The highest BCUT2D eigenvalue weighted by molar-refractivity contribution is 6.31. The number of pyridine rings is 1. The molecular weight excluding hydrogens is 556 g/mol. The predicted octanol–water partition coefficient (Wildman–Crippen LogP) is 7.22. The Morgan fingerprint density at radius 1 is 1.07 bits per heavy atom. The van der Waals surface area contributed by atoms with Crippen LogP contribution in [-0.4, -0.2) is 40.7 Å². The molecule has 1 atom stereocenters. The number of carbonyl (C=O) groups excluding carboxylic acids is 2. The van der Waals surface area contributed by atoms with Crippen LogP contribution in [0.2, 0.25) is 5.02 Å². The van der Waals surface area contributed by atoms with Crippen molar-refractivity contribution in [2.24, 2.45) is 0 Å². The molecule has 3 N–H and O–H groups in total. The minimum atomic E-state index is -2.98. The normalized spacial score (nSPS) is 15.2. The third kappa shape index (κ3) is 6.63. The average Bonchev–Trinajstić information content (AvgIpc) is 3.43. The lowest BCUT2D eigenvalue weighted by Crippen LogP contribution is -2.14. The summed E-state index contributed by atoms with van der Waals surface area (Å²) in [5, 5.41) is 5.92. The summed E-state index contributed by atoms with van der Waals surface area (Å²) in [5.41, 5.74) is 4.06. The van der Waals surface area contributed by atoms with E-state index in [0.717, 1.165) is 12.1 Å². The highest BCUT2D eigenvalue weighted by Gasteiger charge is 2.22. The number of ether oxygens (including phenoxy) is 2. The number of hydrogen-bond acceptors (Lipinski definition) is 6. The van der Waals surface area contributed by atoms with E-state index in [2.05, 4.69) is 35.1 Å². The van der Waals surface area contributed by atoms with Crippen LogP contribution in [0, 0.1) is 0 Å². The van der Waals surface area contributed by atoms with Crippen LogP contribution in [0.1, 0.15) is 43.1 Å². The van der Waals surface area contributed by atoms with E-state index in [0.29, 0.717) is 63.9 Å². The summed E-state index contributed by atoms with van der Waals surface area (Å²) >= 11 is 6.12. The van der Waals surface area contributed by atoms with Crippen molar-refractivity contribution < 1.29 is 27.8 Å². The lowest BCUT2D eigenvalue weighted by atomic mass is 9.95. The first-order chi connectivity index (χ1) is 19.8. The number of fused-ring (bicyclic) bond motifs is 4. The van der Waals surface area contributed by atoms with E-state index in [4.69, 9.17) is 11.6 Å². The maximum Gasteiger partial charge on any atom is 0.411 e. The Bertz CT molecular complexity index is 1560. The van der Waals surface area contributed by atoms with E-state index in [9.17, 15) is 18.4 Å². The van der Waals surface area contributed by atoms with Gasteiger partial charge in [-0.05, 0) is 55.3 Å². The van der Waals surface area contributed by atoms with Gasteiger partial charge in [0.25, 0.3) is 0 Å². The number of benzene rings is 2. The molecule has 2 bridgehead atoms. The number of hydrogen-bond donors (Lipinski definition) is 3. The van der Waals surface area contributed by atoms with Crippen LogP contribution < -0.4 is 15.4 Å². The highest BCUT2D eigenvalue weighted by atomic mass is 35.5. The maximum absolute atomic E-state index is 13.0. The van der Waals surface area contributed by atoms with Crippen LogP contribution in [0.4, 0.5) is 25.0 Å². The van der Waals surface area contributed by atoms with E-state index in [1.54, 1.807) is 42.7 Å². The highest BCUT2D eigenvalue weighted by Crippen LogP contribution is 2.36. The number of aromatic nitrogens is 3. The van der Waals surface area contributed by atoms with Crippen molar-refractivity contribution >= 4 is 35.0 Å². The van der Waals surface area contributed by atoms with Gasteiger partial charge in [0.1, 0.15) is 11.6 Å². The van der Waals surface area contributed by atoms with E-state index in [1.807, 2.05) is 6.07 Å². The summed E-state index contributed by atoms with van der Waals surface area (Å²) in [6.45, 7) is -2.98. The molecule has 212 valence electrons. The standard InChI is InChI=1S/C29H26ClF2N5O4/c1-40-29(39)35-18-8-9-19-23(13-18)36-26(38)5-3-2-4-20(27-34-15-24(19)37-27)22-10-6-16(14-33-22)21-12-17(30)7-11-25(21)41-28(31)32/h6-15,20,28H,2-5H2,1H3,(H,34,37)(H,35,39)(H,36,38). The Balaban J connectivity index is 1.48. The molecule has 41 heavy (non-hydrogen) atoms. The SMILES string of the molecule is COC(=O)Nc1ccc2c(c1)NC(=O)CCCCC(c1ccc(-c3cc(Cl)ccc3OC(F)F)cn1)c1ncc-2[nH]1. The predicted molar refractivity (Wildman–Crippen MR) is 150 cm³/mol. The number of aromatic amines is 1. The Kier molecular flexibility index (Phi) is 8.44. The Morgan fingerprint density at radius 2 is 1.93 bits per heavy atom. The third-order valence-corrected chi connectivity index (χ3v) is 6.93. The van der Waals surface area contributed by atoms with Gasteiger partial charge in [-0.2, -0.15) is 8.78 Å². The van der Waals surface area contributed by atoms with E-state index >= 15 is 0 Å². The van der Waals surface area contributed by atoms with Gasteiger partial charge in [-0.15, -0.1) is 0 Å². The average molecular weight is 582 g/mol. The van der Waals surface area contributed by atoms with Gasteiger partial charge in [0, 0.05) is 40.0 Å². The molecule has 1 aliphatic rings. The van der Waals surface area contributed by atoms with E-state index < -0.39 is 12.7 Å². The quantitative estimate of drug-likeness (QED) is 0.229. The van der Waals surface area contributed by atoms with Crippen LogP contribution in [0.25, 0.3) is 22.4 Å². The van der Waals surface area contributed by atoms with E-state index in [1.165, 1.54) is 19.2 Å². The summed E-state index contributed by atoms with van der Waals surface area (Å²) in [4.78, 5) is 37.1. The number of methoxy groups -OCH3 is 1. The molecule has 1 aliphatic heterocycles. The Labute approximate surface area is 239 Å². The molecule has 3 heterocycles. The first-order valence-corrected chi connectivity index (χ1v) is 13.2. The molecule has 9 nitrogen and oxygen atoms in total. The van der Waals surface area contributed by atoms with E-state index in [-0.39, 0.29) is 17.6 Å². The van der Waals surface area contributed by atoms with Crippen molar-refractivity contribution in [3.63, 3.8) is 0 Å². The molecule has 0 saturated carbocycles. The van der Waals surface area contributed by atoms with Crippen LogP contribution in [0.15, 0.2) is 60.9 Å². The second-order valence-electron chi connectivity index (χ2n) is 9.40. The maximum atomic E-state index is 13.0. The van der Waals surface area contributed by atoms with Gasteiger partial charge in [-0.3, -0.25) is 15.1 Å². The fourth-order valence-corrected chi connectivity index (χ4v) is 4.92. The van der Waals surface area contributed by atoms with Gasteiger partial charge in [-0.25, -0.2) is 9.78 Å². The van der Waals surface area contributed by atoms with Crippen molar-refractivity contribution in [2.45, 2.75) is 38.2 Å². The topological polar surface area (TPSA) is 118 Å². The van der Waals surface area contributed by atoms with Gasteiger partial charge in [0.15, 0.2) is 0 Å². The summed E-state index contributed by atoms with van der Waals surface area (Å²) < 4.78 is 35.3. The molecule has 4 aromatic rings. The van der Waals surface area contributed by atoms with Crippen molar-refractivity contribution in [3.8, 4) is 28.1 Å². The number of anilines is 2. The van der Waals surface area contributed by atoms with Crippen molar-refractivity contribution in [2.75, 3.05) is 17.7 Å².